The molecule has 2 aliphatic heterocycles. The van der Waals surface area contributed by atoms with Crippen molar-refractivity contribution in [2.75, 3.05) is 26.2 Å². The first-order chi connectivity index (χ1) is 12.4. The molecule has 0 spiro atoms. The Morgan fingerprint density at radius 2 is 1.88 bits per heavy atom. The van der Waals surface area contributed by atoms with Crippen LogP contribution < -0.4 is 0 Å². The van der Waals surface area contributed by atoms with Crippen LogP contribution in [0.25, 0.3) is 0 Å². The van der Waals surface area contributed by atoms with E-state index in [1.807, 2.05) is 45.9 Å². The molecule has 0 unspecified atom stereocenters. The third kappa shape index (κ3) is 3.02. The van der Waals surface area contributed by atoms with E-state index in [-0.39, 0.29) is 17.2 Å². The largest absolute Gasteiger partial charge is 0.354 e. The lowest BCUT2D eigenvalue weighted by Gasteiger charge is -2.25. The Balaban J connectivity index is 1.35. The van der Waals surface area contributed by atoms with E-state index < -0.39 is 0 Å². The van der Waals surface area contributed by atoms with Crippen molar-refractivity contribution >= 4 is 11.8 Å². The summed E-state index contributed by atoms with van der Waals surface area (Å²) in [5.41, 5.74) is 0.476. The third-order valence-electron chi connectivity index (χ3n) is 5.79. The van der Waals surface area contributed by atoms with Crippen LogP contribution in [0.3, 0.4) is 0 Å². The summed E-state index contributed by atoms with van der Waals surface area (Å²) >= 11 is 0. The van der Waals surface area contributed by atoms with Crippen LogP contribution in [0.4, 0.5) is 0 Å². The first-order valence-corrected chi connectivity index (χ1v) is 9.10. The lowest BCUT2D eigenvalue weighted by molar-refractivity contribution is -0.130. The van der Waals surface area contributed by atoms with E-state index in [0.29, 0.717) is 37.7 Å². The monoisotopic (exact) mass is 355 g/mol. The fourth-order valence-electron chi connectivity index (χ4n) is 4.27. The Morgan fingerprint density at radius 1 is 1.19 bits per heavy atom. The number of rotatable bonds is 4. The zero-order valence-electron chi connectivity index (χ0n) is 15.3. The zero-order valence-corrected chi connectivity index (χ0v) is 15.3. The molecule has 0 aliphatic carbocycles. The van der Waals surface area contributed by atoms with Gasteiger partial charge in [-0.2, -0.15) is 0 Å². The van der Waals surface area contributed by atoms with Gasteiger partial charge in [-0.1, -0.05) is 6.92 Å². The molecule has 2 aromatic heterocycles. The average molecular weight is 355 g/mol. The van der Waals surface area contributed by atoms with E-state index in [2.05, 4.69) is 11.9 Å². The highest BCUT2D eigenvalue weighted by Crippen LogP contribution is 2.42. The first kappa shape index (κ1) is 16.9. The lowest BCUT2D eigenvalue weighted by Crippen LogP contribution is -2.38. The summed E-state index contributed by atoms with van der Waals surface area (Å²) in [6.07, 6.45) is 7.89. The SMILES string of the molecule is Cn1cnc(C(=O)N2C[C@@H]3CN(C(=O)CCn4cccc4)C[C@]3(C)C2)c1. The summed E-state index contributed by atoms with van der Waals surface area (Å²) < 4.78 is 3.82. The van der Waals surface area contributed by atoms with E-state index in [4.69, 9.17) is 0 Å². The van der Waals surface area contributed by atoms with Gasteiger partial charge in [-0.3, -0.25) is 9.59 Å². The maximum atomic E-state index is 12.6. The number of imidazole rings is 1. The molecule has 2 amide bonds. The number of aryl methyl sites for hydroxylation is 2. The second-order valence-corrected chi connectivity index (χ2v) is 7.91. The fourth-order valence-corrected chi connectivity index (χ4v) is 4.27. The number of carbonyl (C=O) groups excluding carboxylic acids is 2. The average Bonchev–Trinajstić information content (AvgIpc) is 3.35. The fraction of sp³-hybridized carbons (Fsp3) is 0.526. The Morgan fingerprint density at radius 3 is 2.54 bits per heavy atom. The maximum Gasteiger partial charge on any atom is 0.274 e. The summed E-state index contributed by atoms with van der Waals surface area (Å²) in [5.74, 6) is 0.536. The van der Waals surface area contributed by atoms with Crippen molar-refractivity contribution in [1.82, 2.24) is 23.9 Å². The molecule has 0 bridgehead atoms. The third-order valence-corrected chi connectivity index (χ3v) is 5.79. The number of amides is 2. The molecule has 2 aromatic rings. The number of aromatic nitrogens is 3. The van der Waals surface area contributed by atoms with Crippen LogP contribution in [0.15, 0.2) is 37.1 Å². The van der Waals surface area contributed by atoms with Gasteiger partial charge >= 0.3 is 0 Å². The van der Waals surface area contributed by atoms with Gasteiger partial charge in [0.2, 0.25) is 5.91 Å². The van der Waals surface area contributed by atoms with Crippen LogP contribution in [0.1, 0.15) is 23.8 Å². The van der Waals surface area contributed by atoms with Crippen molar-refractivity contribution < 1.29 is 9.59 Å². The number of nitrogens with zero attached hydrogens (tertiary/aromatic N) is 5. The van der Waals surface area contributed by atoms with E-state index in [9.17, 15) is 9.59 Å². The first-order valence-electron chi connectivity index (χ1n) is 9.10. The topological polar surface area (TPSA) is 63.4 Å². The number of likely N-dealkylation sites (tertiary alicyclic amines) is 2. The van der Waals surface area contributed by atoms with Crippen LogP contribution in [0.2, 0.25) is 0 Å². The van der Waals surface area contributed by atoms with Gasteiger partial charge in [-0.25, -0.2) is 4.98 Å². The van der Waals surface area contributed by atoms with Crippen LogP contribution in [-0.2, 0) is 18.4 Å². The van der Waals surface area contributed by atoms with Gasteiger partial charge < -0.3 is 18.9 Å². The molecular formula is C19H25N5O2. The predicted molar refractivity (Wildman–Crippen MR) is 96.3 cm³/mol. The zero-order chi connectivity index (χ0) is 18.3. The van der Waals surface area contributed by atoms with Crippen LogP contribution in [-0.4, -0.2) is 61.9 Å². The van der Waals surface area contributed by atoms with Crippen molar-refractivity contribution in [3.8, 4) is 0 Å². The molecule has 0 N–H and O–H groups in total. The summed E-state index contributed by atoms with van der Waals surface area (Å²) in [5, 5.41) is 0. The van der Waals surface area contributed by atoms with E-state index in [0.717, 1.165) is 13.1 Å². The van der Waals surface area contributed by atoms with Crippen molar-refractivity contribution in [1.29, 1.82) is 0 Å². The molecule has 0 radical (unpaired) electrons. The van der Waals surface area contributed by atoms with Crippen LogP contribution in [0.5, 0.6) is 0 Å². The number of carbonyl (C=O) groups is 2. The summed E-state index contributed by atoms with van der Waals surface area (Å²) in [7, 11) is 1.86. The molecule has 26 heavy (non-hydrogen) atoms. The molecular weight excluding hydrogens is 330 g/mol. The van der Waals surface area contributed by atoms with E-state index >= 15 is 0 Å². The van der Waals surface area contributed by atoms with Crippen molar-refractivity contribution in [3.63, 3.8) is 0 Å². The van der Waals surface area contributed by atoms with Crippen molar-refractivity contribution in [2.45, 2.75) is 19.9 Å². The Hall–Kier alpha value is -2.57. The van der Waals surface area contributed by atoms with Crippen molar-refractivity contribution in [2.24, 2.45) is 18.4 Å². The number of fused-ring (bicyclic) bond motifs is 1. The molecule has 2 aliphatic rings. The van der Waals surface area contributed by atoms with Crippen LogP contribution in [0, 0.1) is 11.3 Å². The lowest BCUT2D eigenvalue weighted by atomic mass is 9.83. The minimum atomic E-state index is -0.0203. The molecule has 7 heteroatoms. The molecule has 4 rings (SSSR count). The molecule has 2 saturated heterocycles. The standard InChI is InChI=1S/C19H25N5O2/c1-19-12-23(17(25)5-8-22-6-3-4-7-22)9-15(19)10-24(13-19)18(26)16-11-21(2)14-20-16/h3-4,6-7,11,14-15H,5,8-10,12-13H2,1-2H3/t15-,19+/m0/s1. The molecule has 0 saturated carbocycles. The van der Waals surface area contributed by atoms with Gasteiger partial charge in [-0.05, 0) is 12.1 Å². The quantitative estimate of drug-likeness (QED) is 0.829. The highest BCUT2D eigenvalue weighted by molar-refractivity contribution is 5.92. The van der Waals surface area contributed by atoms with Gasteiger partial charge in [0.1, 0.15) is 5.69 Å². The molecule has 2 fully saturated rings. The van der Waals surface area contributed by atoms with Gasteiger partial charge in [0.05, 0.1) is 6.33 Å². The minimum Gasteiger partial charge on any atom is -0.354 e. The highest BCUT2D eigenvalue weighted by atomic mass is 16.2. The summed E-state index contributed by atoms with van der Waals surface area (Å²) in [6, 6.07) is 3.94. The van der Waals surface area contributed by atoms with Crippen LogP contribution >= 0.6 is 0 Å². The van der Waals surface area contributed by atoms with E-state index in [1.165, 1.54) is 0 Å². The predicted octanol–water partition coefficient (Wildman–Crippen LogP) is 1.23. The second kappa shape index (κ2) is 6.30. The Labute approximate surface area is 153 Å². The second-order valence-electron chi connectivity index (χ2n) is 7.91. The van der Waals surface area contributed by atoms with Gasteiger partial charge in [0.15, 0.2) is 0 Å². The molecule has 138 valence electrons. The number of hydrogen-bond donors (Lipinski definition) is 0. The smallest absolute Gasteiger partial charge is 0.274 e. The molecule has 2 atom stereocenters. The molecule has 7 nitrogen and oxygen atoms in total. The number of hydrogen-bond acceptors (Lipinski definition) is 3. The minimum absolute atomic E-state index is 0.00768. The normalized spacial score (nSPS) is 24.9. The van der Waals surface area contributed by atoms with Gasteiger partial charge in [0.25, 0.3) is 5.91 Å². The molecule has 0 aromatic carbocycles. The van der Waals surface area contributed by atoms with Crippen molar-refractivity contribution in [3.05, 3.63) is 42.7 Å². The summed E-state index contributed by atoms with van der Waals surface area (Å²) in [6.45, 7) is 5.78. The van der Waals surface area contributed by atoms with Gasteiger partial charge in [-0.15, -0.1) is 0 Å². The maximum absolute atomic E-state index is 12.6. The Kier molecular flexibility index (Phi) is 4.09. The summed E-state index contributed by atoms with van der Waals surface area (Å²) in [4.78, 5) is 33.3. The van der Waals surface area contributed by atoms with E-state index in [1.54, 1.807) is 17.1 Å². The highest BCUT2D eigenvalue weighted by Gasteiger charge is 2.51. The van der Waals surface area contributed by atoms with Gasteiger partial charge in [0, 0.05) is 76.1 Å². The Bertz CT molecular complexity index is 812. The molecule has 4 heterocycles.